The predicted octanol–water partition coefficient (Wildman–Crippen LogP) is 1.99. The summed E-state index contributed by atoms with van der Waals surface area (Å²) in [6.45, 7) is 7.10. The molecule has 0 bridgehead atoms. The van der Waals surface area contributed by atoms with Crippen LogP contribution in [-0.4, -0.2) is 60.4 Å². The number of hydrogen-bond acceptors (Lipinski definition) is 3. The molecule has 1 N–H and O–H groups in total. The van der Waals surface area contributed by atoms with Gasteiger partial charge in [0.1, 0.15) is 5.82 Å². The van der Waals surface area contributed by atoms with E-state index in [1.165, 1.54) is 6.07 Å². The molecule has 2 amide bonds. The van der Waals surface area contributed by atoms with Crippen molar-refractivity contribution in [3.63, 3.8) is 0 Å². The summed E-state index contributed by atoms with van der Waals surface area (Å²) in [5.41, 5.74) is 0.659. The van der Waals surface area contributed by atoms with Crippen molar-refractivity contribution in [2.45, 2.75) is 38.6 Å². The highest BCUT2D eigenvalue weighted by Gasteiger charge is 2.47. The summed E-state index contributed by atoms with van der Waals surface area (Å²) in [6, 6.07) is 6.92. The summed E-state index contributed by atoms with van der Waals surface area (Å²) < 4.78 is 13.9. The van der Waals surface area contributed by atoms with Crippen molar-refractivity contribution in [2.24, 2.45) is 5.92 Å². The maximum atomic E-state index is 13.9. The Morgan fingerprint density at radius 3 is 2.58 bits per heavy atom. The maximum Gasteiger partial charge on any atom is 0.234 e. The van der Waals surface area contributed by atoms with Crippen molar-refractivity contribution in [1.82, 2.24) is 15.1 Å². The first kappa shape index (κ1) is 18.8. The normalized spacial score (nSPS) is 24.2. The third kappa shape index (κ3) is 4.41. The monoisotopic (exact) mass is 361 g/mol. The molecule has 6 heteroatoms. The first-order valence-corrected chi connectivity index (χ1v) is 9.54. The Balaban J connectivity index is 1.45. The largest absolute Gasteiger partial charge is 0.353 e. The number of nitrogens with one attached hydrogen (secondary N) is 1. The molecule has 0 radical (unpaired) electrons. The molecule has 1 aromatic rings. The Morgan fingerprint density at radius 1 is 1.23 bits per heavy atom. The van der Waals surface area contributed by atoms with E-state index in [0.29, 0.717) is 38.3 Å². The minimum Gasteiger partial charge on any atom is -0.353 e. The second-order valence-corrected chi connectivity index (χ2v) is 7.45. The van der Waals surface area contributed by atoms with E-state index in [9.17, 15) is 14.0 Å². The molecule has 1 aromatic carbocycles. The second kappa shape index (κ2) is 8.16. The lowest BCUT2D eigenvalue weighted by molar-refractivity contribution is -0.134. The fourth-order valence-electron chi connectivity index (χ4n) is 3.57. The van der Waals surface area contributed by atoms with Crippen LogP contribution in [0.15, 0.2) is 24.3 Å². The molecule has 1 heterocycles. The number of benzene rings is 1. The van der Waals surface area contributed by atoms with Crippen LogP contribution in [0.3, 0.4) is 0 Å². The van der Waals surface area contributed by atoms with Crippen molar-refractivity contribution in [2.75, 3.05) is 32.7 Å². The number of halogens is 1. The zero-order valence-electron chi connectivity index (χ0n) is 15.6. The highest BCUT2D eigenvalue weighted by atomic mass is 19.1. The van der Waals surface area contributed by atoms with Gasteiger partial charge in [0.2, 0.25) is 11.8 Å². The van der Waals surface area contributed by atoms with Crippen LogP contribution in [0.25, 0.3) is 0 Å². The number of amides is 2. The number of carbonyl (C=O) groups excluding carboxylic acids is 2. The lowest BCUT2D eigenvalue weighted by Crippen LogP contribution is -2.52. The molecule has 0 spiro atoms. The van der Waals surface area contributed by atoms with Crippen molar-refractivity contribution in [3.05, 3.63) is 35.6 Å². The molecule has 3 rings (SSSR count). The molecule has 1 saturated heterocycles. The van der Waals surface area contributed by atoms with Gasteiger partial charge in [-0.2, -0.15) is 0 Å². The van der Waals surface area contributed by atoms with E-state index < -0.39 is 0 Å². The Morgan fingerprint density at radius 2 is 1.92 bits per heavy atom. The molecule has 142 valence electrons. The van der Waals surface area contributed by atoms with Crippen LogP contribution in [-0.2, 0) is 9.59 Å². The van der Waals surface area contributed by atoms with Crippen LogP contribution < -0.4 is 5.32 Å². The van der Waals surface area contributed by atoms with E-state index in [4.69, 9.17) is 0 Å². The summed E-state index contributed by atoms with van der Waals surface area (Å²) in [5, 5.41) is 2.97. The van der Waals surface area contributed by atoms with E-state index >= 15 is 0 Å². The Labute approximate surface area is 154 Å². The molecule has 0 aromatic heterocycles. The van der Waals surface area contributed by atoms with Gasteiger partial charge in [-0.25, -0.2) is 4.39 Å². The second-order valence-electron chi connectivity index (χ2n) is 7.45. The Kier molecular flexibility index (Phi) is 5.91. The van der Waals surface area contributed by atoms with Crippen molar-refractivity contribution in [3.8, 4) is 0 Å². The molecule has 1 aliphatic heterocycles. The number of piperazine rings is 1. The van der Waals surface area contributed by atoms with Crippen LogP contribution in [0.2, 0.25) is 0 Å². The lowest BCUT2D eigenvalue weighted by Gasteiger charge is -2.34. The first-order valence-electron chi connectivity index (χ1n) is 9.54. The average molecular weight is 361 g/mol. The van der Waals surface area contributed by atoms with E-state index in [-0.39, 0.29) is 35.5 Å². The van der Waals surface area contributed by atoms with Gasteiger partial charge in [-0.05, 0) is 37.3 Å². The molecule has 3 unspecified atom stereocenters. The van der Waals surface area contributed by atoms with Crippen LogP contribution in [0.5, 0.6) is 0 Å². The van der Waals surface area contributed by atoms with E-state index in [1.54, 1.807) is 12.1 Å². The van der Waals surface area contributed by atoms with Gasteiger partial charge < -0.3 is 10.2 Å². The summed E-state index contributed by atoms with van der Waals surface area (Å²) >= 11 is 0. The van der Waals surface area contributed by atoms with Crippen LogP contribution in [0.1, 0.15) is 38.2 Å². The number of rotatable bonds is 6. The SMILES string of the molecule is CCC(C)NC(=O)CN1CCN(C(=O)C2CC2c2ccccc2F)CC1. The minimum absolute atomic E-state index is 0.0167. The third-order valence-electron chi connectivity index (χ3n) is 5.48. The minimum atomic E-state index is -0.218. The lowest BCUT2D eigenvalue weighted by atomic mass is 10.1. The molecule has 1 saturated carbocycles. The molecule has 1 aliphatic carbocycles. The standard InChI is InChI=1S/C20H28FN3O2/c1-3-14(2)22-19(25)13-23-8-10-24(11-9-23)20(26)17-12-16(17)15-6-4-5-7-18(15)21/h4-7,14,16-17H,3,8-13H2,1-2H3,(H,22,25). The molecular formula is C20H28FN3O2. The Hall–Kier alpha value is -1.95. The fourth-order valence-corrected chi connectivity index (χ4v) is 3.57. The highest BCUT2D eigenvalue weighted by molar-refractivity contribution is 5.83. The van der Waals surface area contributed by atoms with Gasteiger partial charge >= 0.3 is 0 Å². The van der Waals surface area contributed by atoms with Gasteiger partial charge in [-0.15, -0.1) is 0 Å². The average Bonchev–Trinajstić information content (AvgIpc) is 3.42. The van der Waals surface area contributed by atoms with Crippen LogP contribution in [0.4, 0.5) is 4.39 Å². The van der Waals surface area contributed by atoms with E-state index in [0.717, 1.165) is 12.8 Å². The molecule has 2 fully saturated rings. The molecule has 26 heavy (non-hydrogen) atoms. The van der Waals surface area contributed by atoms with Gasteiger partial charge in [0.25, 0.3) is 0 Å². The number of carbonyl (C=O) groups is 2. The predicted molar refractivity (Wildman–Crippen MR) is 98.2 cm³/mol. The smallest absolute Gasteiger partial charge is 0.234 e. The topological polar surface area (TPSA) is 52.7 Å². The third-order valence-corrected chi connectivity index (χ3v) is 5.48. The number of hydrogen-bond donors (Lipinski definition) is 1. The molecule has 3 atom stereocenters. The molecule has 2 aliphatic rings. The summed E-state index contributed by atoms with van der Waals surface area (Å²) in [5.74, 6) is -0.122. The molecule has 5 nitrogen and oxygen atoms in total. The zero-order valence-corrected chi connectivity index (χ0v) is 15.6. The van der Waals surface area contributed by atoms with Gasteiger partial charge in [0.15, 0.2) is 0 Å². The van der Waals surface area contributed by atoms with Crippen molar-refractivity contribution in [1.29, 1.82) is 0 Å². The van der Waals surface area contributed by atoms with Gasteiger partial charge in [-0.3, -0.25) is 14.5 Å². The Bertz CT molecular complexity index is 658. The fraction of sp³-hybridized carbons (Fsp3) is 0.600. The van der Waals surface area contributed by atoms with E-state index in [1.807, 2.05) is 24.8 Å². The maximum absolute atomic E-state index is 13.9. The zero-order chi connectivity index (χ0) is 18.7. The number of nitrogens with zero attached hydrogens (tertiary/aromatic N) is 2. The highest BCUT2D eigenvalue weighted by Crippen LogP contribution is 2.49. The summed E-state index contributed by atoms with van der Waals surface area (Å²) in [4.78, 5) is 28.6. The molecular weight excluding hydrogens is 333 g/mol. The summed E-state index contributed by atoms with van der Waals surface area (Å²) in [6.07, 6.45) is 1.65. The van der Waals surface area contributed by atoms with Gasteiger partial charge in [0, 0.05) is 38.1 Å². The quantitative estimate of drug-likeness (QED) is 0.843. The van der Waals surface area contributed by atoms with Crippen molar-refractivity contribution < 1.29 is 14.0 Å². The van der Waals surface area contributed by atoms with Crippen LogP contribution >= 0.6 is 0 Å². The first-order chi connectivity index (χ1) is 12.5. The van der Waals surface area contributed by atoms with Crippen molar-refractivity contribution >= 4 is 11.8 Å². The van der Waals surface area contributed by atoms with E-state index in [2.05, 4.69) is 10.2 Å². The van der Waals surface area contributed by atoms with Crippen LogP contribution in [0, 0.1) is 11.7 Å². The van der Waals surface area contributed by atoms with Gasteiger partial charge in [-0.1, -0.05) is 25.1 Å². The van der Waals surface area contributed by atoms with Gasteiger partial charge in [0.05, 0.1) is 6.54 Å². The summed E-state index contributed by atoms with van der Waals surface area (Å²) in [7, 11) is 0.